The second-order valence-corrected chi connectivity index (χ2v) is 5.01. The number of carboxylic acids is 1. The average molecular weight is 289 g/mol. The lowest BCUT2D eigenvalue weighted by Gasteiger charge is -2.32. The van der Waals surface area contributed by atoms with E-state index in [-0.39, 0.29) is 6.03 Å². The van der Waals surface area contributed by atoms with Crippen LogP contribution in [0.25, 0.3) is 6.08 Å². The number of carbonyl (C=O) groups excluding carboxylic acids is 1. The van der Waals surface area contributed by atoms with Crippen molar-refractivity contribution in [3.05, 3.63) is 35.9 Å². The van der Waals surface area contributed by atoms with Crippen LogP contribution in [0.5, 0.6) is 0 Å². The summed E-state index contributed by atoms with van der Waals surface area (Å²) in [6, 6.07) is 6.94. The van der Waals surface area contributed by atoms with Gasteiger partial charge in [-0.05, 0) is 30.8 Å². The summed E-state index contributed by atoms with van der Waals surface area (Å²) in [4.78, 5) is 26.5. The summed E-state index contributed by atoms with van der Waals surface area (Å²) in [5.74, 6) is -0.984. The maximum absolute atomic E-state index is 12.1. The zero-order chi connectivity index (χ0) is 15.2. The molecule has 0 radical (unpaired) electrons. The van der Waals surface area contributed by atoms with Crippen LogP contribution >= 0.6 is 0 Å². The van der Waals surface area contributed by atoms with E-state index in [0.717, 1.165) is 37.8 Å². The molecular formula is C15H19N3O3. The fourth-order valence-electron chi connectivity index (χ4n) is 2.06. The van der Waals surface area contributed by atoms with Gasteiger partial charge in [-0.3, -0.25) is 0 Å². The SMILES string of the molecule is CN1CCN(C(=O)Nc2ccc(/C=C/C(=O)O)cc2)CC1. The summed E-state index contributed by atoms with van der Waals surface area (Å²) in [7, 11) is 2.04. The van der Waals surface area contributed by atoms with Gasteiger partial charge in [0.05, 0.1) is 0 Å². The van der Waals surface area contributed by atoms with Crippen molar-refractivity contribution in [3.8, 4) is 0 Å². The predicted molar refractivity (Wildman–Crippen MR) is 81.2 cm³/mol. The molecule has 0 aliphatic carbocycles. The van der Waals surface area contributed by atoms with Crippen molar-refractivity contribution >= 4 is 23.8 Å². The van der Waals surface area contributed by atoms with Crippen molar-refractivity contribution in [2.24, 2.45) is 0 Å². The van der Waals surface area contributed by atoms with Crippen LogP contribution in [0.1, 0.15) is 5.56 Å². The van der Waals surface area contributed by atoms with Crippen molar-refractivity contribution < 1.29 is 14.7 Å². The number of hydrogen-bond acceptors (Lipinski definition) is 3. The van der Waals surface area contributed by atoms with Crippen LogP contribution in [-0.4, -0.2) is 60.1 Å². The van der Waals surface area contributed by atoms with Crippen LogP contribution in [0.3, 0.4) is 0 Å². The number of likely N-dealkylation sites (N-methyl/N-ethyl adjacent to an activating group) is 1. The molecule has 0 bridgehead atoms. The van der Waals surface area contributed by atoms with Crippen LogP contribution in [-0.2, 0) is 4.79 Å². The van der Waals surface area contributed by atoms with Gasteiger partial charge in [0.2, 0.25) is 0 Å². The lowest BCUT2D eigenvalue weighted by Crippen LogP contribution is -2.48. The lowest BCUT2D eigenvalue weighted by molar-refractivity contribution is -0.131. The van der Waals surface area contributed by atoms with E-state index in [1.165, 1.54) is 6.08 Å². The number of anilines is 1. The van der Waals surface area contributed by atoms with E-state index in [1.807, 2.05) is 7.05 Å². The average Bonchev–Trinajstić information content (AvgIpc) is 2.47. The Bertz CT molecular complexity index is 532. The molecule has 21 heavy (non-hydrogen) atoms. The molecule has 1 aromatic rings. The van der Waals surface area contributed by atoms with Crippen LogP contribution < -0.4 is 5.32 Å². The van der Waals surface area contributed by atoms with Crippen molar-refractivity contribution in [3.63, 3.8) is 0 Å². The fourth-order valence-corrected chi connectivity index (χ4v) is 2.06. The van der Waals surface area contributed by atoms with Crippen molar-refractivity contribution in [1.29, 1.82) is 0 Å². The molecule has 1 saturated heterocycles. The number of urea groups is 1. The van der Waals surface area contributed by atoms with E-state index >= 15 is 0 Å². The van der Waals surface area contributed by atoms with Gasteiger partial charge in [0.25, 0.3) is 0 Å². The standard InChI is InChI=1S/C15H19N3O3/c1-17-8-10-18(11-9-17)15(21)16-13-5-2-12(3-6-13)4-7-14(19)20/h2-7H,8-11H2,1H3,(H,16,21)(H,19,20)/b7-4+. The normalized spacial score (nSPS) is 16.1. The summed E-state index contributed by atoms with van der Waals surface area (Å²) < 4.78 is 0. The number of benzene rings is 1. The third-order valence-electron chi connectivity index (χ3n) is 3.37. The van der Waals surface area contributed by atoms with Gasteiger partial charge in [0, 0.05) is 37.9 Å². The van der Waals surface area contributed by atoms with Gasteiger partial charge in [0.15, 0.2) is 0 Å². The third kappa shape index (κ3) is 4.61. The number of nitrogens with one attached hydrogen (secondary N) is 1. The second kappa shape index (κ2) is 6.90. The number of rotatable bonds is 3. The van der Waals surface area contributed by atoms with Crippen LogP contribution in [0.15, 0.2) is 30.3 Å². The molecule has 2 N–H and O–H groups in total. The van der Waals surface area contributed by atoms with Gasteiger partial charge in [-0.25, -0.2) is 9.59 Å². The Morgan fingerprint density at radius 1 is 1.14 bits per heavy atom. The first-order valence-corrected chi connectivity index (χ1v) is 6.80. The molecule has 0 saturated carbocycles. The number of piperazine rings is 1. The van der Waals surface area contributed by atoms with E-state index in [4.69, 9.17) is 5.11 Å². The molecule has 1 aliphatic heterocycles. The Labute approximate surface area is 123 Å². The van der Waals surface area contributed by atoms with Gasteiger partial charge >= 0.3 is 12.0 Å². The summed E-state index contributed by atoms with van der Waals surface area (Å²) >= 11 is 0. The lowest BCUT2D eigenvalue weighted by atomic mass is 10.2. The highest BCUT2D eigenvalue weighted by Gasteiger charge is 2.18. The molecule has 2 rings (SSSR count). The molecule has 6 heteroatoms. The molecule has 0 spiro atoms. The quantitative estimate of drug-likeness (QED) is 0.828. The molecule has 2 amide bonds. The molecule has 0 unspecified atom stereocenters. The minimum absolute atomic E-state index is 0.100. The second-order valence-electron chi connectivity index (χ2n) is 5.01. The van der Waals surface area contributed by atoms with E-state index < -0.39 is 5.97 Å². The molecule has 1 heterocycles. The summed E-state index contributed by atoms with van der Waals surface area (Å²) in [6.07, 6.45) is 2.59. The Hall–Kier alpha value is -2.34. The Morgan fingerprint density at radius 3 is 2.33 bits per heavy atom. The summed E-state index contributed by atoms with van der Waals surface area (Å²) in [5.41, 5.74) is 1.47. The van der Waals surface area contributed by atoms with Crippen molar-refractivity contribution in [2.75, 3.05) is 38.5 Å². The third-order valence-corrected chi connectivity index (χ3v) is 3.37. The molecule has 1 fully saturated rings. The molecule has 112 valence electrons. The van der Waals surface area contributed by atoms with Gasteiger partial charge in [-0.15, -0.1) is 0 Å². The molecule has 0 aromatic heterocycles. The Morgan fingerprint density at radius 2 is 1.76 bits per heavy atom. The minimum Gasteiger partial charge on any atom is -0.478 e. The number of carboxylic acid groups (broad SMARTS) is 1. The number of carbonyl (C=O) groups is 2. The summed E-state index contributed by atoms with van der Waals surface area (Å²) in [6.45, 7) is 3.21. The number of nitrogens with zero attached hydrogens (tertiary/aromatic N) is 2. The highest BCUT2D eigenvalue weighted by molar-refractivity contribution is 5.89. The van der Waals surface area contributed by atoms with Gasteiger partial charge in [-0.1, -0.05) is 12.1 Å². The van der Waals surface area contributed by atoms with E-state index in [0.29, 0.717) is 5.69 Å². The fraction of sp³-hybridized carbons (Fsp3) is 0.333. The Kier molecular flexibility index (Phi) is 4.94. The molecule has 6 nitrogen and oxygen atoms in total. The molecule has 1 aliphatic rings. The maximum atomic E-state index is 12.1. The highest BCUT2D eigenvalue weighted by Crippen LogP contribution is 2.12. The van der Waals surface area contributed by atoms with Crippen LogP contribution in [0.2, 0.25) is 0 Å². The molecular weight excluding hydrogens is 270 g/mol. The minimum atomic E-state index is -0.984. The van der Waals surface area contributed by atoms with Crippen LogP contribution in [0, 0.1) is 0 Å². The largest absolute Gasteiger partial charge is 0.478 e. The first-order valence-electron chi connectivity index (χ1n) is 6.80. The molecule has 0 atom stereocenters. The topological polar surface area (TPSA) is 72.9 Å². The van der Waals surface area contributed by atoms with E-state index in [2.05, 4.69) is 10.2 Å². The van der Waals surface area contributed by atoms with E-state index in [9.17, 15) is 9.59 Å². The summed E-state index contributed by atoms with van der Waals surface area (Å²) in [5, 5.41) is 11.4. The zero-order valence-electron chi connectivity index (χ0n) is 12.0. The van der Waals surface area contributed by atoms with Crippen molar-refractivity contribution in [2.45, 2.75) is 0 Å². The smallest absolute Gasteiger partial charge is 0.328 e. The number of amides is 2. The monoisotopic (exact) mass is 289 g/mol. The van der Waals surface area contributed by atoms with Gasteiger partial charge in [-0.2, -0.15) is 0 Å². The Balaban J connectivity index is 1.91. The van der Waals surface area contributed by atoms with E-state index in [1.54, 1.807) is 29.2 Å². The van der Waals surface area contributed by atoms with Gasteiger partial charge in [0.1, 0.15) is 0 Å². The predicted octanol–water partition coefficient (Wildman–Crippen LogP) is 1.56. The van der Waals surface area contributed by atoms with Crippen molar-refractivity contribution in [1.82, 2.24) is 9.80 Å². The maximum Gasteiger partial charge on any atom is 0.328 e. The molecule has 1 aromatic carbocycles. The van der Waals surface area contributed by atoms with Crippen LogP contribution in [0.4, 0.5) is 10.5 Å². The number of hydrogen-bond donors (Lipinski definition) is 2. The highest BCUT2D eigenvalue weighted by atomic mass is 16.4. The number of aliphatic carboxylic acids is 1. The zero-order valence-corrected chi connectivity index (χ0v) is 12.0. The first-order chi connectivity index (χ1) is 10.0. The first kappa shape index (κ1) is 15.1. The van der Waals surface area contributed by atoms with Gasteiger partial charge < -0.3 is 20.2 Å².